The van der Waals surface area contributed by atoms with Gasteiger partial charge in [-0.2, -0.15) is 11.8 Å². The number of hydrogen-bond donors (Lipinski definition) is 1. The molecule has 27 heavy (non-hydrogen) atoms. The molecular weight excluding hydrogens is 387 g/mol. The molecule has 0 bridgehead atoms. The zero-order chi connectivity index (χ0) is 19.4. The zero-order valence-electron chi connectivity index (χ0n) is 15.6. The number of rotatable bonds is 4. The molecule has 2 aliphatic heterocycles. The Morgan fingerprint density at radius 3 is 2.96 bits per heavy atom. The van der Waals surface area contributed by atoms with E-state index < -0.39 is 6.09 Å². The molecule has 2 aliphatic rings. The summed E-state index contributed by atoms with van der Waals surface area (Å²) in [6, 6.07) is 4.98. The van der Waals surface area contributed by atoms with Gasteiger partial charge in [-0.15, -0.1) is 0 Å². The summed E-state index contributed by atoms with van der Waals surface area (Å²) in [7, 11) is 3.69. The van der Waals surface area contributed by atoms with E-state index in [9.17, 15) is 9.18 Å². The summed E-state index contributed by atoms with van der Waals surface area (Å²) >= 11 is 7.07. The fourth-order valence-corrected chi connectivity index (χ4v) is 4.08. The number of halogens is 1. The van der Waals surface area contributed by atoms with Gasteiger partial charge in [0.15, 0.2) is 5.11 Å². The van der Waals surface area contributed by atoms with Crippen molar-refractivity contribution in [2.75, 3.05) is 61.6 Å². The molecule has 1 aromatic rings. The van der Waals surface area contributed by atoms with Gasteiger partial charge in [-0.1, -0.05) is 0 Å². The Hall–Kier alpha value is -1.74. The molecule has 1 N–H and O–H groups in total. The molecule has 6 nitrogen and oxygen atoms in total. The standard InChI is InChI=1S/C18H25FN4O2S2/c1-21(2)17(26)20-11-14-12-23(18(24)25-14)13-4-5-16(15(19)10-13)22-6-3-8-27-9-7-22/h4-5,10,14H,3,6-9,11-12H2,1-2H3,(H,20,26)/t14-/m0/s1. The van der Waals surface area contributed by atoms with Crippen LogP contribution in [0.25, 0.3) is 0 Å². The van der Waals surface area contributed by atoms with E-state index in [1.807, 2.05) is 25.9 Å². The third-order valence-electron chi connectivity index (χ3n) is 4.57. The van der Waals surface area contributed by atoms with Crippen LogP contribution in [0.2, 0.25) is 0 Å². The van der Waals surface area contributed by atoms with Gasteiger partial charge in [0.2, 0.25) is 0 Å². The Balaban J connectivity index is 1.65. The van der Waals surface area contributed by atoms with Crippen LogP contribution < -0.4 is 15.1 Å². The topological polar surface area (TPSA) is 48.0 Å². The average molecular weight is 413 g/mol. The van der Waals surface area contributed by atoms with Crippen LogP contribution in [0.5, 0.6) is 0 Å². The second-order valence-corrected chi connectivity index (χ2v) is 8.40. The van der Waals surface area contributed by atoms with Crippen molar-refractivity contribution >= 4 is 46.6 Å². The van der Waals surface area contributed by atoms with Crippen LogP contribution in [0.3, 0.4) is 0 Å². The number of carbonyl (C=O) groups excluding carboxylic acids is 1. The number of ether oxygens (including phenoxy) is 1. The van der Waals surface area contributed by atoms with E-state index >= 15 is 0 Å². The minimum atomic E-state index is -0.462. The van der Waals surface area contributed by atoms with E-state index in [4.69, 9.17) is 17.0 Å². The van der Waals surface area contributed by atoms with E-state index in [-0.39, 0.29) is 11.9 Å². The van der Waals surface area contributed by atoms with Gasteiger partial charge in [0.05, 0.1) is 24.5 Å². The molecule has 0 unspecified atom stereocenters. The third kappa shape index (κ3) is 4.95. The number of nitrogens with zero attached hydrogens (tertiary/aromatic N) is 3. The first-order valence-electron chi connectivity index (χ1n) is 9.01. The zero-order valence-corrected chi connectivity index (χ0v) is 17.2. The normalized spacial score (nSPS) is 20.3. The van der Waals surface area contributed by atoms with Crippen molar-refractivity contribution in [3.63, 3.8) is 0 Å². The first kappa shape index (κ1) is 20.0. The maximum Gasteiger partial charge on any atom is 0.414 e. The minimum Gasteiger partial charge on any atom is -0.442 e. The highest BCUT2D eigenvalue weighted by Gasteiger charge is 2.33. The van der Waals surface area contributed by atoms with Crippen molar-refractivity contribution in [1.82, 2.24) is 10.2 Å². The lowest BCUT2D eigenvalue weighted by molar-refractivity contribution is 0.142. The molecule has 0 radical (unpaired) electrons. The first-order valence-corrected chi connectivity index (χ1v) is 10.6. The molecule has 0 aromatic heterocycles. The number of carbonyl (C=O) groups is 1. The van der Waals surface area contributed by atoms with Crippen LogP contribution in [0.15, 0.2) is 18.2 Å². The molecule has 2 heterocycles. The number of cyclic esters (lactones) is 1. The second-order valence-electron chi connectivity index (χ2n) is 6.79. The van der Waals surface area contributed by atoms with Gasteiger partial charge >= 0.3 is 6.09 Å². The Kier molecular flexibility index (Phi) is 6.64. The van der Waals surface area contributed by atoms with E-state index in [2.05, 4.69) is 10.2 Å². The lowest BCUT2D eigenvalue weighted by Crippen LogP contribution is -2.40. The average Bonchev–Trinajstić information content (AvgIpc) is 2.83. The quantitative estimate of drug-likeness (QED) is 0.763. The summed E-state index contributed by atoms with van der Waals surface area (Å²) < 4.78 is 20.1. The Bertz CT molecular complexity index is 696. The summed E-state index contributed by atoms with van der Waals surface area (Å²) in [5.74, 6) is 1.81. The highest BCUT2D eigenvalue weighted by atomic mass is 32.2. The maximum absolute atomic E-state index is 14.7. The molecule has 0 saturated carbocycles. The van der Waals surface area contributed by atoms with Crippen molar-refractivity contribution in [3.05, 3.63) is 24.0 Å². The summed E-state index contributed by atoms with van der Waals surface area (Å²) in [5, 5.41) is 3.64. The predicted molar refractivity (Wildman–Crippen MR) is 112 cm³/mol. The lowest BCUT2D eigenvalue weighted by atomic mass is 10.2. The lowest BCUT2D eigenvalue weighted by Gasteiger charge is -2.24. The van der Waals surface area contributed by atoms with Gasteiger partial charge in [0, 0.05) is 32.9 Å². The number of amides is 1. The Labute approximate surface area is 169 Å². The van der Waals surface area contributed by atoms with Crippen molar-refractivity contribution < 1.29 is 13.9 Å². The predicted octanol–water partition coefficient (Wildman–Crippen LogP) is 2.53. The molecular formula is C18H25FN4O2S2. The van der Waals surface area contributed by atoms with Gasteiger partial charge in [-0.05, 0) is 42.6 Å². The van der Waals surface area contributed by atoms with Gasteiger partial charge in [0.25, 0.3) is 0 Å². The summed E-state index contributed by atoms with van der Waals surface area (Å²) in [6.45, 7) is 2.48. The number of nitrogens with one attached hydrogen (secondary N) is 1. The van der Waals surface area contributed by atoms with Gasteiger partial charge in [-0.25, -0.2) is 9.18 Å². The van der Waals surface area contributed by atoms with Crippen molar-refractivity contribution in [2.24, 2.45) is 0 Å². The number of thioether (sulfide) groups is 1. The molecule has 2 fully saturated rings. The molecule has 0 aliphatic carbocycles. The van der Waals surface area contributed by atoms with E-state index in [1.165, 1.54) is 11.0 Å². The summed E-state index contributed by atoms with van der Waals surface area (Å²) in [6.07, 6.45) is 0.255. The third-order valence-corrected chi connectivity index (χ3v) is 6.13. The minimum absolute atomic E-state index is 0.303. The number of anilines is 2. The first-order chi connectivity index (χ1) is 13.0. The largest absolute Gasteiger partial charge is 0.442 e. The van der Waals surface area contributed by atoms with Crippen molar-refractivity contribution in [2.45, 2.75) is 12.5 Å². The van der Waals surface area contributed by atoms with E-state index in [1.54, 1.807) is 17.0 Å². The second kappa shape index (κ2) is 8.97. The fourth-order valence-electron chi connectivity index (χ4n) is 3.11. The van der Waals surface area contributed by atoms with Gasteiger partial charge < -0.3 is 19.9 Å². The van der Waals surface area contributed by atoms with Crippen molar-refractivity contribution in [1.29, 1.82) is 0 Å². The number of thiocarbonyl (C=S) groups is 1. The maximum atomic E-state index is 14.7. The summed E-state index contributed by atoms with van der Waals surface area (Å²) in [5.41, 5.74) is 1.12. The van der Waals surface area contributed by atoms with Crippen LogP contribution in [0.4, 0.5) is 20.6 Å². The van der Waals surface area contributed by atoms with Crippen LogP contribution in [-0.2, 0) is 4.74 Å². The number of benzene rings is 1. The van der Waals surface area contributed by atoms with Crippen LogP contribution in [-0.4, -0.2) is 74.0 Å². The van der Waals surface area contributed by atoms with Crippen LogP contribution in [0, 0.1) is 5.82 Å². The molecule has 0 spiro atoms. The van der Waals surface area contributed by atoms with E-state index in [0.717, 1.165) is 31.0 Å². The van der Waals surface area contributed by atoms with Crippen LogP contribution in [0.1, 0.15) is 6.42 Å². The summed E-state index contributed by atoms with van der Waals surface area (Å²) in [4.78, 5) is 17.5. The van der Waals surface area contributed by atoms with Crippen LogP contribution >= 0.6 is 24.0 Å². The highest BCUT2D eigenvalue weighted by molar-refractivity contribution is 7.99. The monoisotopic (exact) mass is 412 g/mol. The fraction of sp³-hybridized carbons (Fsp3) is 0.556. The molecule has 1 amide bonds. The van der Waals surface area contributed by atoms with Crippen molar-refractivity contribution in [3.8, 4) is 0 Å². The highest BCUT2D eigenvalue weighted by Crippen LogP contribution is 2.29. The molecule has 2 saturated heterocycles. The number of hydrogen-bond acceptors (Lipinski definition) is 5. The van der Waals surface area contributed by atoms with Gasteiger partial charge in [-0.3, -0.25) is 4.90 Å². The van der Waals surface area contributed by atoms with E-state index in [0.29, 0.717) is 29.6 Å². The molecule has 9 heteroatoms. The SMILES string of the molecule is CN(C)C(=S)NC[C@H]1CN(c2ccc(N3CCCSCC3)c(F)c2)C(=O)O1. The smallest absolute Gasteiger partial charge is 0.414 e. The Morgan fingerprint density at radius 1 is 1.41 bits per heavy atom. The molecule has 148 valence electrons. The van der Waals surface area contributed by atoms with Gasteiger partial charge in [0.1, 0.15) is 11.9 Å². The molecule has 1 aromatic carbocycles. The molecule has 1 atom stereocenters. The molecule has 3 rings (SSSR count). The Morgan fingerprint density at radius 2 is 2.22 bits per heavy atom.